The number of likely N-dealkylation sites (tertiary alicyclic amines) is 1. The van der Waals surface area contributed by atoms with Crippen molar-refractivity contribution in [1.29, 1.82) is 0 Å². The Kier molecular flexibility index (Phi) is 5.40. The third-order valence-corrected chi connectivity index (χ3v) is 4.36. The van der Waals surface area contributed by atoms with Gasteiger partial charge in [-0.3, -0.25) is 0 Å². The number of hydrogen-bond acceptors (Lipinski definition) is 3. The average molecular weight is 468 g/mol. The number of rotatable bonds is 3. The van der Waals surface area contributed by atoms with Crippen LogP contribution in [-0.4, -0.2) is 36.3 Å². The third-order valence-electron chi connectivity index (χ3n) is 2.98. The van der Waals surface area contributed by atoms with Gasteiger partial charge in [0.1, 0.15) is 11.4 Å². The molecule has 1 aromatic rings. The molecule has 1 saturated heterocycles. The quantitative estimate of drug-likeness (QED) is 0.622. The molecule has 6 heteroatoms. The van der Waals surface area contributed by atoms with Crippen molar-refractivity contribution in [2.24, 2.45) is 5.92 Å². The maximum Gasteiger partial charge on any atom is 0.410 e. The molecule has 1 aromatic carbocycles. The van der Waals surface area contributed by atoms with Crippen molar-refractivity contribution in [2.45, 2.75) is 26.4 Å². The van der Waals surface area contributed by atoms with Crippen molar-refractivity contribution < 1.29 is 14.3 Å². The summed E-state index contributed by atoms with van der Waals surface area (Å²) >= 11 is 5.69. The maximum absolute atomic E-state index is 11.8. The molecule has 0 radical (unpaired) electrons. The van der Waals surface area contributed by atoms with E-state index < -0.39 is 5.60 Å². The molecule has 21 heavy (non-hydrogen) atoms. The van der Waals surface area contributed by atoms with Gasteiger partial charge in [-0.15, -0.1) is 0 Å². The first kappa shape index (κ1) is 16.9. The summed E-state index contributed by atoms with van der Waals surface area (Å²) in [6, 6.07) is 5.96. The zero-order chi connectivity index (χ0) is 15.6. The van der Waals surface area contributed by atoms with Crippen LogP contribution in [0, 0.1) is 9.49 Å². The largest absolute Gasteiger partial charge is 0.492 e. The molecule has 0 unspecified atom stereocenters. The number of carbonyl (C=O) groups excluding carboxylic acids is 1. The Balaban J connectivity index is 1.76. The van der Waals surface area contributed by atoms with E-state index in [0.717, 1.165) is 13.8 Å². The van der Waals surface area contributed by atoms with E-state index in [1.165, 1.54) is 0 Å². The molecule has 1 heterocycles. The molecule has 116 valence electrons. The van der Waals surface area contributed by atoms with Crippen LogP contribution >= 0.6 is 38.5 Å². The molecular formula is C15H19BrINO3. The molecule has 0 atom stereocenters. The van der Waals surface area contributed by atoms with Crippen LogP contribution in [0.25, 0.3) is 0 Å². The first-order valence-corrected chi connectivity index (χ1v) is 8.67. The van der Waals surface area contributed by atoms with E-state index in [1.807, 2.05) is 39.0 Å². The Bertz CT molecular complexity index is 524. The van der Waals surface area contributed by atoms with E-state index in [2.05, 4.69) is 38.5 Å². The molecule has 2 rings (SSSR count). The number of amides is 1. The Hall–Kier alpha value is -0.500. The van der Waals surface area contributed by atoms with Crippen molar-refractivity contribution in [3.05, 3.63) is 26.2 Å². The SMILES string of the molecule is CC(C)(C)OC(=O)N1CC(COc2cc(Br)ccc2I)C1. The highest BCUT2D eigenvalue weighted by Gasteiger charge is 2.34. The highest BCUT2D eigenvalue weighted by atomic mass is 127. The van der Waals surface area contributed by atoms with Crippen LogP contribution in [-0.2, 0) is 4.74 Å². The fraction of sp³-hybridized carbons (Fsp3) is 0.533. The van der Waals surface area contributed by atoms with E-state index in [4.69, 9.17) is 9.47 Å². The lowest BCUT2D eigenvalue weighted by Crippen LogP contribution is -2.53. The minimum atomic E-state index is -0.439. The van der Waals surface area contributed by atoms with Gasteiger partial charge in [0.05, 0.1) is 10.2 Å². The molecule has 1 aliphatic heterocycles. The van der Waals surface area contributed by atoms with Crippen molar-refractivity contribution in [3.8, 4) is 5.75 Å². The van der Waals surface area contributed by atoms with Gasteiger partial charge >= 0.3 is 6.09 Å². The van der Waals surface area contributed by atoms with Crippen LogP contribution in [0.2, 0.25) is 0 Å². The first-order chi connectivity index (χ1) is 9.74. The average Bonchev–Trinajstić information content (AvgIpc) is 2.29. The van der Waals surface area contributed by atoms with Crippen molar-refractivity contribution in [2.75, 3.05) is 19.7 Å². The molecule has 0 saturated carbocycles. The van der Waals surface area contributed by atoms with Crippen LogP contribution in [0.1, 0.15) is 20.8 Å². The number of carbonyl (C=O) groups is 1. The summed E-state index contributed by atoms with van der Waals surface area (Å²) in [7, 11) is 0. The molecule has 4 nitrogen and oxygen atoms in total. The van der Waals surface area contributed by atoms with Crippen LogP contribution < -0.4 is 4.74 Å². The van der Waals surface area contributed by atoms with Gasteiger partial charge < -0.3 is 14.4 Å². The number of ether oxygens (including phenoxy) is 2. The second-order valence-corrected chi connectivity index (χ2v) is 8.21. The number of nitrogens with zero attached hydrogens (tertiary/aromatic N) is 1. The zero-order valence-electron chi connectivity index (χ0n) is 12.4. The number of hydrogen-bond donors (Lipinski definition) is 0. The highest BCUT2D eigenvalue weighted by Crippen LogP contribution is 2.27. The predicted molar refractivity (Wildman–Crippen MR) is 93.7 cm³/mol. The van der Waals surface area contributed by atoms with Gasteiger partial charge in [0.2, 0.25) is 0 Å². The van der Waals surface area contributed by atoms with Gasteiger partial charge in [-0.2, -0.15) is 0 Å². The van der Waals surface area contributed by atoms with Gasteiger partial charge in [-0.1, -0.05) is 15.9 Å². The van der Waals surface area contributed by atoms with Gasteiger partial charge in [0, 0.05) is 23.5 Å². The fourth-order valence-corrected chi connectivity index (χ4v) is 2.78. The molecule has 0 bridgehead atoms. The molecule has 0 N–H and O–H groups in total. The van der Waals surface area contributed by atoms with Crippen molar-refractivity contribution in [3.63, 3.8) is 0 Å². The van der Waals surface area contributed by atoms with E-state index >= 15 is 0 Å². The van der Waals surface area contributed by atoms with Crippen LogP contribution in [0.5, 0.6) is 5.75 Å². The Morgan fingerprint density at radius 1 is 1.43 bits per heavy atom. The summed E-state index contributed by atoms with van der Waals surface area (Å²) < 4.78 is 13.2. The summed E-state index contributed by atoms with van der Waals surface area (Å²) in [4.78, 5) is 13.5. The minimum Gasteiger partial charge on any atom is -0.492 e. The lowest BCUT2D eigenvalue weighted by Gasteiger charge is -2.39. The second kappa shape index (κ2) is 6.73. The molecule has 0 aromatic heterocycles. The van der Waals surface area contributed by atoms with Crippen molar-refractivity contribution >= 4 is 44.6 Å². The normalized spacial score (nSPS) is 15.6. The van der Waals surface area contributed by atoms with Gasteiger partial charge in [0.25, 0.3) is 0 Å². The van der Waals surface area contributed by atoms with Crippen LogP contribution in [0.4, 0.5) is 4.79 Å². The highest BCUT2D eigenvalue weighted by molar-refractivity contribution is 14.1. The Morgan fingerprint density at radius 3 is 2.71 bits per heavy atom. The third kappa shape index (κ3) is 5.02. The molecular weight excluding hydrogens is 449 g/mol. The molecule has 0 aliphatic carbocycles. The van der Waals surface area contributed by atoms with Gasteiger partial charge in [-0.25, -0.2) is 4.79 Å². The number of halogens is 2. The summed E-state index contributed by atoms with van der Waals surface area (Å²) in [5.74, 6) is 1.24. The van der Waals surface area contributed by atoms with Crippen molar-refractivity contribution in [1.82, 2.24) is 4.90 Å². The first-order valence-electron chi connectivity index (χ1n) is 6.80. The van der Waals surface area contributed by atoms with E-state index in [1.54, 1.807) is 4.90 Å². The molecule has 1 fully saturated rings. The standard InChI is InChI=1S/C15H19BrINO3/c1-15(2,3)21-14(19)18-7-10(8-18)9-20-13-6-11(16)4-5-12(13)17/h4-6,10H,7-9H2,1-3H3. The van der Waals surface area contributed by atoms with Gasteiger partial charge in [-0.05, 0) is 61.6 Å². The Morgan fingerprint density at radius 2 is 2.10 bits per heavy atom. The molecule has 1 aliphatic rings. The van der Waals surface area contributed by atoms with Crippen LogP contribution in [0.15, 0.2) is 22.7 Å². The fourth-order valence-electron chi connectivity index (χ4n) is 1.95. The smallest absolute Gasteiger partial charge is 0.410 e. The minimum absolute atomic E-state index is 0.240. The Labute approximate surface area is 147 Å². The topological polar surface area (TPSA) is 38.8 Å². The monoisotopic (exact) mass is 467 g/mol. The van der Waals surface area contributed by atoms with Crippen LogP contribution in [0.3, 0.4) is 0 Å². The van der Waals surface area contributed by atoms with E-state index in [0.29, 0.717) is 25.6 Å². The van der Waals surface area contributed by atoms with Gasteiger partial charge in [0.15, 0.2) is 0 Å². The zero-order valence-corrected chi connectivity index (χ0v) is 16.1. The molecule has 0 spiro atoms. The molecule has 1 amide bonds. The lowest BCUT2D eigenvalue weighted by molar-refractivity contribution is -0.00786. The summed E-state index contributed by atoms with van der Waals surface area (Å²) in [5.41, 5.74) is -0.439. The maximum atomic E-state index is 11.8. The predicted octanol–water partition coefficient (Wildman–Crippen LogP) is 4.30. The summed E-state index contributed by atoms with van der Waals surface area (Å²) in [6.45, 7) is 7.63. The second-order valence-electron chi connectivity index (χ2n) is 6.14. The lowest BCUT2D eigenvalue weighted by atomic mass is 10.0. The van der Waals surface area contributed by atoms with E-state index in [-0.39, 0.29) is 6.09 Å². The number of benzene rings is 1. The summed E-state index contributed by atoms with van der Waals surface area (Å²) in [5, 5.41) is 0. The van der Waals surface area contributed by atoms with E-state index in [9.17, 15) is 4.79 Å². The summed E-state index contributed by atoms with van der Waals surface area (Å²) in [6.07, 6.45) is -0.240.